The first-order valence-corrected chi connectivity index (χ1v) is 7.23. The number of aliphatic carboxylic acids is 1. The summed E-state index contributed by atoms with van der Waals surface area (Å²) in [4.78, 5) is 13.7. The topological polar surface area (TPSA) is 52.6 Å². The van der Waals surface area contributed by atoms with E-state index in [0.717, 1.165) is 18.7 Å². The largest absolute Gasteiger partial charge is 0.480 e. The van der Waals surface area contributed by atoms with Gasteiger partial charge in [-0.25, -0.2) is 0 Å². The normalized spacial score (nSPS) is 13.8. The van der Waals surface area contributed by atoms with Gasteiger partial charge in [0, 0.05) is 18.8 Å². The van der Waals surface area contributed by atoms with Crippen LogP contribution in [0.1, 0.15) is 32.8 Å². The molecule has 0 aliphatic heterocycles. The average molecular weight is 278 g/mol. The Hall–Kier alpha value is -1.55. The number of benzene rings is 1. The number of nitrogens with one attached hydrogen (secondary N) is 1. The molecule has 0 aliphatic rings. The van der Waals surface area contributed by atoms with E-state index >= 15 is 0 Å². The maximum atomic E-state index is 11.6. The Bertz CT molecular complexity index is 448. The van der Waals surface area contributed by atoms with Crippen LogP contribution in [0.3, 0.4) is 0 Å². The number of aryl methyl sites for hydroxylation is 1. The molecule has 4 nitrogen and oxygen atoms in total. The van der Waals surface area contributed by atoms with E-state index in [1.807, 2.05) is 39.0 Å². The van der Waals surface area contributed by atoms with Crippen molar-refractivity contribution >= 4 is 11.7 Å². The van der Waals surface area contributed by atoms with Crippen LogP contribution in [0.5, 0.6) is 0 Å². The van der Waals surface area contributed by atoms with Crippen LogP contribution >= 0.6 is 0 Å². The van der Waals surface area contributed by atoms with Crippen molar-refractivity contribution in [3.05, 3.63) is 29.8 Å². The van der Waals surface area contributed by atoms with Gasteiger partial charge >= 0.3 is 5.97 Å². The number of carbonyl (C=O) groups is 1. The minimum atomic E-state index is -0.935. The molecule has 20 heavy (non-hydrogen) atoms. The third-order valence-corrected chi connectivity index (χ3v) is 3.49. The number of rotatable bonds is 8. The van der Waals surface area contributed by atoms with Crippen LogP contribution < -0.4 is 10.2 Å². The number of nitrogens with zero attached hydrogens (tertiary/aromatic N) is 1. The maximum Gasteiger partial charge on any atom is 0.325 e. The SMILES string of the molecule is CCCNC(C)(CN(CC)c1cccc(C)c1)C(=O)O. The molecule has 1 aromatic carbocycles. The molecule has 1 unspecified atom stereocenters. The highest BCUT2D eigenvalue weighted by atomic mass is 16.4. The van der Waals surface area contributed by atoms with Crippen molar-refractivity contribution in [2.24, 2.45) is 0 Å². The first kappa shape index (κ1) is 16.5. The summed E-state index contributed by atoms with van der Waals surface area (Å²) in [5.41, 5.74) is 1.31. The van der Waals surface area contributed by atoms with Gasteiger partial charge in [0.2, 0.25) is 0 Å². The molecule has 0 saturated heterocycles. The van der Waals surface area contributed by atoms with Crippen LogP contribution in [0.4, 0.5) is 5.69 Å². The number of carboxylic acids is 1. The third-order valence-electron chi connectivity index (χ3n) is 3.49. The highest BCUT2D eigenvalue weighted by Crippen LogP contribution is 2.19. The Balaban J connectivity index is 2.91. The van der Waals surface area contributed by atoms with Crippen LogP contribution in [-0.4, -0.2) is 36.2 Å². The number of carboxylic acid groups (broad SMARTS) is 1. The molecule has 0 heterocycles. The molecule has 0 radical (unpaired) electrons. The maximum absolute atomic E-state index is 11.6. The molecule has 0 aromatic heterocycles. The number of anilines is 1. The van der Waals surface area contributed by atoms with Crippen LogP contribution in [-0.2, 0) is 4.79 Å². The second kappa shape index (κ2) is 7.29. The van der Waals surface area contributed by atoms with Gasteiger partial charge in [0.1, 0.15) is 5.54 Å². The summed E-state index contributed by atoms with van der Waals surface area (Å²) in [6.45, 7) is 9.81. The minimum absolute atomic E-state index is 0.447. The van der Waals surface area contributed by atoms with E-state index in [1.165, 1.54) is 5.56 Å². The highest BCUT2D eigenvalue weighted by Gasteiger charge is 2.34. The standard InChI is InChI=1S/C16H26N2O2/c1-5-10-17-16(4,15(19)20)12-18(6-2)14-9-7-8-13(3)11-14/h7-9,11,17H,5-6,10,12H2,1-4H3,(H,19,20). The lowest BCUT2D eigenvalue weighted by atomic mass is 10.0. The lowest BCUT2D eigenvalue weighted by Crippen LogP contribution is -2.57. The van der Waals surface area contributed by atoms with E-state index in [1.54, 1.807) is 6.92 Å². The highest BCUT2D eigenvalue weighted by molar-refractivity contribution is 5.79. The van der Waals surface area contributed by atoms with Gasteiger partial charge in [-0.15, -0.1) is 0 Å². The number of hydrogen-bond donors (Lipinski definition) is 2. The van der Waals surface area contributed by atoms with E-state index in [4.69, 9.17) is 0 Å². The summed E-state index contributed by atoms with van der Waals surface area (Å²) in [7, 11) is 0. The Kier molecular flexibility index (Phi) is 6.02. The molecule has 1 atom stereocenters. The van der Waals surface area contributed by atoms with Gasteiger partial charge < -0.3 is 15.3 Å². The van der Waals surface area contributed by atoms with Crippen molar-refractivity contribution in [1.29, 1.82) is 0 Å². The zero-order valence-electron chi connectivity index (χ0n) is 12.9. The van der Waals surface area contributed by atoms with E-state index in [0.29, 0.717) is 13.1 Å². The smallest absolute Gasteiger partial charge is 0.325 e. The molecule has 0 saturated carbocycles. The third kappa shape index (κ3) is 4.23. The van der Waals surface area contributed by atoms with Crippen molar-refractivity contribution in [1.82, 2.24) is 5.32 Å². The average Bonchev–Trinajstić information content (AvgIpc) is 2.42. The van der Waals surface area contributed by atoms with E-state index < -0.39 is 11.5 Å². The molecular weight excluding hydrogens is 252 g/mol. The van der Waals surface area contributed by atoms with Crippen molar-refractivity contribution in [2.75, 3.05) is 24.5 Å². The molecule has 0 spiro atoms. The molecule has 0 fully saturated rings. The first-order valence-electron chi connectivity index (χ1n) is 7.23. The van der Waals surface area contributed by atoms with Crippen LogP contribution in [0.25, 0.3) is 0 Å². The number of likely N-dealkylation sites (N-methyl/N-ethyl adjacent to an activating group) is 1. The lowest BCUT2D eigenvalue weighted by Gasteiger charge is -2.34. The fourth-order valence-corrected chi connectivity index (χ4v) is 2.19. The molecule has 2 N–H and O–H groups in total. The summed E-state index contributed by atoms with van der Waals surface area (Å²) in [6, 6.07) is 8.16. The monoisotopic (exact) mass is 278 g/mol. The Labute approximate surface area is 121 Å². The van der Waals surface area contributed by atoms with Crippen LogP contribution in [0, 0.1) is 6.92 Å². The van der Waals surface area contributed by atoms with Gasteiger partial charge in [-0.3, -0.25) is 4.79 Å². The van der Waals surface area contributed by atoms with Crippen LogP contribution in [0.2, 0.25) is 0 Å². The molecule has 4 heteroatoms. The van der Waals surface area contributed by atoms with Gasteiger partial charge in [0.05, 0.1) is 0 Å². The molecule has 1 aromatic rings. The van der Waals surface area contributed by atoms with Crippen molar-refractivity contribution in [2.45, 2.75) is 39.7 Å². The van der Waals surface area contributed by atoms with Gasteiger partial charge in [0.15, 0.2) is 0 Å². The predicted octanol–water partition coefficient (Wildman–Crippen LogP) is 2.66. The van der Waals surface area contributed by atoms with Crippen molar-refractivity contribution in [3.63, 3.8) is 0 Å². The van der Waals surface area contributed by atoms with Gasteiger partial charge in [-0.2, -0.15) is 0 Å². The predicted molar refractivity (Wildman–Crippen MR) is 83.4 cm³/mol. The molecule has 0 bridgehead atoms. The van der Waals surface area contributed by atoms with Crippen LogP contribution in [0.15, 0.2) is 24.3 Å². The summed E-state index contributed by atoms with van der Waals surface area (Å²) in [5, 5.41) is 12.7. The Morgan fingerprint density at radius 2 is 2.10 bits per heavy atom. The van der Waals surface area contributed by atoms with Crippen molar-refractivity contribution < 1.29 is 9.90 Å². The summed E-state index contributed by atoms with van der Waals surface area (Å²) in [6.07, 6.45) is 0.916. The van der Waals surface area contributed by atoms with E-state index in [2.05, 4.69) is 16.3 Å². The second-order valence-electron chi connectivity index (χ2n) is 5.42. The molecular formula is C16H26N2O2. The Morgan fingerprint density at radius 1 is 1.40 bits per heavy atom. The van der Waals surface area contributed by atoms with Gasteiger partial charge in [-0.1, -0.05) is 19.1 Å². The first-order chi connectivity index (χ1) is 9.42. The Morgan fingerprint density at radius 3 is 2.60 bits per heavy atom. The summed E-state index contributed by atoms with van der Waals surface area (Å²) in [5.74, 6) is -0.808. The summed E-state index contributed by atoms with van der Waals surface area (Å²) < 4.78 is 0. The molecule has 112 valence electrons. The number of hydrogen-bond acceptors (Lipinski definition) is 3. The lowest BCUT2D eigenvalue weighted by molar-refractivity contribution is -0.143. The molecule has 0 aliphatic carbocycles. The van der Waals surface area contributed by atoms with E-state index in [9.17, 15) is 9.90 Å². The van der Waals surface area contributed by atoms with E-state index in [-0.39, 0.29) is 0 Å². The quantitative estimate of drug-likeness (QED) is 0.767. The fraction of sp³-hybridized carbons (Fsp3) is 0.562. The zero-order chi connectivity index (χ0) is 15.2. The fourth-order valence-electron chi connectivity index (χ4n) is 2.19. The minimum Gasteiger partial charge on any atom is -0.480 e. The molecule has 0 amide bonds. The van der Waals surface area contributed by atoms with Gasteiger partial charge in [0.25, 0.3) is 0 Å². The summed E-state index contributed by atoms with van der Waals surface area (Å²) >= 11 is 0. The van der Waals surface area contributed by atoms with Gasteiger partial charge in [-0.05, 0) is 51.4 Å². The second-order valence-corrected chi connectivity index (χ2v) is 5.42. The molecule has 1 rings (SSSR count). The van der Waals surface area contributed by atoms with Crippen molar-refractivity contribution in [3.8, 4) is 0 Å². The zero-order valence-corrected chi connectivity index (χ0v) is 12.9.